The molecule has 1 amide bonds. The van der Waals surface area contributed by atoms with Gasteiger partial charge in [0, 0.05) is 26.2 Å². The molecule has 1 saturated carbocycles. The van der Waals surface area contributed by atoms with Crippen molar-refractivity contribution in [1.82, 2.24) is 15.5 Å². The lowest BCUT2D eigenvalue weighted by molar-refractivity contribution is -0.120. The van der Waals surface area contributed by atoms with Crippen molar-refractivity contribution in [2.75, 3.05) is 45.9 Å². The topological polar surface area (TPSA) is 53.6 Å². The highest BCUT2D eigenvalue weighted by Gasteiger charge is 2.26. The summed E-state index contributed by atoms with van der Waals surface area (Å²) in [5.41, 5.74) is -0.0614. The molecule has 21 heavy (non-hydrogen) atoms. The van der Waals surface area contributed by atoms with Gasteiger partial charge in [-0.15, -0.1) is 24.8 Å². The van der Waals surface area contributed by atoms with Crippen LogP contribution in [-0.4, -0.2) is 62.3 Å². The third kappa shape index (κ3) is 8.83. The third-order valence-corrected chi connectivity index (χ3v) is 3.67. The standard InChI is InChI=1S/C14H27N3O2.2ClH/c1-14(2)11-17(7-8-19-14)6-5-16-13(18)10-15-9-12-3-4-12;;/h12,15H,3-11H2,1-2H3,(H,16,18);2*1H. The minimum atomic E-state index is -0.0614. The van der Waals surface area contributed by atoms with Gasteiger partial charge in [-0.1, -0.05) is 0 Å². The van der Waals surface area contributed by atoms with E-state index in [4.69, 9.17) is 4.74 Å². The van der Waals surface area contributed by atoms with Gasteiger partial charge in [-0.2, -0.15) is 0 Å². The van der Waals surface area contributed by atoms with Crippen molar-refractivity contribution in [3.05, 3.63) is 0 Å². The van der Waals surface area contributed by atoms with Crippen molar-refractivity contribution in [1.29, 1.82) is 0 Å². The van der Waals surface area contributed by atoms with Crippen molar-refractivity contribution < 1.29 is 9.53 Å². The monoisotopic (exact) mass is 341 g/mol. The quantitative estimate of drug-likeness (QED) is 0.726. The van der Waals surface area contributed by atoms with Gasteiger partial charge >= 0.3 is 0 Å². The fourth-order valence-corrected chi connectivity index (χ4v) is 2.43. The van der Waals surface area contributed by atoms with Crippen LogP contribution in [0, 0.1) is 5.92 Å². The molecular weight excluding hydrogens is 313 g/mol. The molecule has 126 valence electrons. The van der Waals surface area contributed by atoms with E-state index in [1.807, 2.05) is 0 Å². The summed E-state index contributed by atoms with van der Waals surface area (Å²) in [6, 6.07) is 0. The largest absolute Gasteiger partial charge is 0.373 e. The predicted molar refractivity (Wildman–Crippen MR) is 89.6 cm³/mol. The van der Waals surface area contributed by atoms with E-state index in [0.29, 0.717) is 6.54 Å². The molecule has 2 N–H and O–H groups in total. The highest BCUT2D eigenvalue weighted by Crippen LogP contribution is 2.27. The van der Waals surface area contributed by atoms with Crippen molar-refractivity contribution in [3.63, 3.8) is 0 Å². The minimum Gasteiger partial charge on any atom is -0.373 e. The van der Waals surface area contributed by atoms with Crippen LogP contribution in [0.25, 0.3) is 0 Å². The lowest BCUT2D eigenvalue weighted by Gasteiger charge is -2.38. The molecule has 1 aliphatic heterocycles. The summed E-state index contributed by atoms with van der Waals surface area (Å²) < 4.78 is 5.67. The van der Waals surface area contributed by atoms with Gasteiger partial charge in [0.1, 0.15) is 0 Å². The maximum absolute atomic E-state index is 11.6. The average molecular weight is 342 g/mol. The van der Waals surface area contributed by atoms with Crippen molar-refractivity contribution in [2.24, 2.45) is 5.92 Å². The van der Waals surface area contributed by atoms with Crippen molar-refractivity contribution in [2.45, 2.75) is 32.3 Å². The molecule has 1 aliphatic carbocycles. The Hall–Kier alpha value is -0.0700. The zero-order valence-corrected chi connectivity index (χ0v) is 14.7. The van der Waals surface area contributed by atoms with E-state index in [1.54, 1.807) is 0 Å². The van der Waals surface area contributed by atoms with Gasteiger partial charge < -0.3 is 15.4 Å². The number of amides is 1. The number of nitrogens with one attached hydrogen (secondary N) is 2. The van der Waals surface area contributed by atoms with Crippen LogP contribution in [0.15, 0.2) is 0 Å². The smallest absolute Gasteiger partial charge is 0.234 e. The number of hydrogen-bond acceptors (Lipinski definition) is 4. The molecule has 1 saturated heterocycles. The summed E-state index contributed by atoms with van der Waals surface area (Å²) in [7, 11) is 0. The van der Waals surface area contributed by atoms with Crippen LogP contribution >= 0.6 is 24.8 Å². The van der Waals surface area contributed by atoms with Gasteiger partial charge in [-0.3, -0.25) is 9.69 Å². The molecule has 2 aliphatic rings. The fraction of sp³-hybridized carbons (Fsp3) is 0.929. The van der Waals surface area contributed by atoms with E-state index in [9.17, 15) is 4.79 Å². The second-order valence-electron chi connectivity index (χ2n) is 6.31. The molecule has 0 unspecified atom stereocenters. The number of carbonyl (C=O) groups is 1. The van der Waals surface area contributed by atoms with E-state index >= 15 is 0 Å². The molecule has 1 heterocycles. The van der Waals surface area contributed by atoms with E-state index in [1.165, 1.54) is 12.8 Å². The van der Waals surface area contributed by atoms with E-state index in [-0.39, 0.29) is 36.3 Å². The highest BCUT2D eigenvalue weighted by molar-refractivity contribution is 5.85. The van der Waals surface area contributed by atoms with E-state index < -0.39 is 0 Å². The number of ether oxygens (including phenoxy) is 1. The first kappa shape index (κ1) is 20.9. The maximum atomic E-state index is 11.6. The maximum Gasteiger partial charge on any atom is 0.234 e. The molecule has 0 aromatic heterocycles. The number of halogens is 2. The van der Waals surface area contributed by atoms with Crippen LogP contribution in [0.1, 0.15) is 26.7 Å². The molecule has 0 aromatic rings. The Morgan fingerprint density at radius 3 is 2.67 bits per heavy atom. The SMILES string of the molecule is CC1(C)CN(CCNC(=O)CNCC2CC2)CCO1.Cl.Cl. The normalized spacial score (nSPS) is 21.0. The first-order valence-electron chi connectivity index (χ1n) is 7.39. The third-order valence-electron chi connectivity index (χ3n) is 3.67. The molecule has 0 radical (unpaired) electrons. The molecule has 0 spiro atoms. The van der Waals surface area contributed by atoms with Crippen LogP contribution < -0.4 is 10.6 Å². The summed E-state index contributed by atoms with van der Waals surface area (Å²) in [4.78, 5) is 13.9. The predicted octanol–water partition coefficient (Wildman–Crippen LogP) is 1.06. The number of rotatable bonds is 7. The summed E-state index contributed by atoms with van der Waals surface area (Å²) in [5, 5.41) is 6.17. The highest BCUT2D eigenvalue weighted by atomic mass is 35.5. The average Bonchev–Trinajstić information content (AvgIpc) is 3.12. The first-order valence-corrected chi connectivity index (χ1v) is 7.39. The molecule has 2 rings (SSSR count). The molecule has 7 heteroatoms. The van der Waals surface area contributed by atoms with E-state index in [2.05, 4.69) is 29.4 Å². The molecule has 2 fully saturated rings. The Kier molecular flexibility index (Phi) is 9.81. The summed E-state index contributed by atoms with van der Waals surface area (Å²) >= 11 is 0. The fourth-order valence-electron chi connectivity index (χ4n) is 2.43. The van der Waals surface area contributed by atoms with Crippen LogP contribution in [-0.2, 0) is 9.53 Å². The Morgan fingerprint density at radius 2 is 2.05 bits per heavy atom. The number of morpholine rings is 1. The van der Waals surface area contributed by atoms with Gasteiger partial charge in [-0.25, -0.2) is 0 Å². The lowest BCUT2D eigenvalue weighted by atomic mass is 10.1. The minimum absolute atomic E-state index is 0. The van der Waals surface area contributed by atoms with E-state index in [0.717, 1.165) is 45.2 Å². The van der Waals surface area contributed by atoms with Gasteiger partial charge in [0.2, 0.25) is 5.91 Å². The van der Waals surface area contributed by atoms with Gasteiger partial charge in [0.25, 0.3) is 0 Å². The van der Waals surface area contributed by atoms with Gasteiger partial charge in [0.15, 0.2) is 0 Å². The second kappa shape index (κ2) is 9.85. The number of carbonyl (C=O) groups excluding carboxylic acids is 1. The van der Waals surface area contributed by atoms with Gasteiger partial charge in [-0.05, 0) is 39.2 Å². The van der Waals surface area contributed by atoms with Crippen LogP contribution in [0.4, 0.5) is 0 Å². The summed E-state index contributed by atoms with van der Waals surface area (Å²) in [6.45, 7) is 9.96. The lowest BCUT2D eigenvalue weighted by Crippen LogP contribution is -2.50. The number of nitrogens with zero attached hydrogens (tertiary/aromatic N) is 1. The zero-order valence-electron chi connectivity index (χ0n) is 13.0. The Bertz CT molecular complexity index is 313. The molecular formula is C14H29Cl2N3O2. The Morgan fingerprint density at radius 1 is 1.33 bits per heavy atom. The first-order chi connectivity index (χ1) is 9.05. The molecule has 0 bridgehead atoms. The van der Waals surface area contributed by atoms with Crippen LogP contribution in [0.3, 0.4) is 0 Å². The molecule has 0 atom stereocenters. The molecule has 5 nitrogen and oxygen atoms in total. The molecule has 0 aromatic carbocycles. The number of hydrogen-bond donors (Lipinski definition) is 2. The van der Waals surface area contributed by atoms with Crippen molar-refractivity contribution in [3.8, 4) is 0 Å². The summed E-state index contributed by atoms with van der Waals surface area (Å²) in [6.07, 6.45) is 2.64. The Balaban J connectivity index is 0.00000200. The van der Waals surface area contributed by atoms with Gasteiger partial charge in [0.05, 0.1) is 18.8 Å². The second-order valence-corrected chi connectivity index (χ2v) is 6.31. The van der Waals surface area contributed by atoms with Crippen molar-refractivity contribution >= 4 is 30.7 Å². The Labute approximate surface area is 140 Å². The van der Waals surface area contributed by atoms with Crippen LogP contribution in [0.2, 0.25) is 0 Å². The van der Waals surface area contributed by atoms with Crippen LogP contribution in [0.5, 0.6) is 0 Å². The zero-order chi connectivity index (χ0) is 13.7. The summed E-state index contributed by atoms with van der Waals surface area (Å²) in [5.74, 6) is 0.927.